The topological polar surface area (TPSA) is 78.9 Å². The van der Waals surface area contributed by atoms with Crippen molar-refractivity contribution in [3.63, 3.8) is 0 Å². The number of aromatic hydroxyl groups is 1. The lowest BCUT2D eigenvalue weighted by atomic mass is 9.85. The van der Waals surface area contributed by atoms with Gasteiger partial charge in [-0.05, 0) is 30.5 Å². The fourth-order valence-electron chi connectivity index (χ4n) is 3.06. The van der Waals surface area contributed by atoms with Gasteiger partial charge in [0.15, 0.2) is 17.3 Å². The van der Waals surface area contributed by atoms with E-state index in [-0.39, 0.29) is 17.6 Å². The van der Waals surface area contributed by atoms with Crippen LogP contribution in [0.15, 0.2) is 29.5 Å². The summed E-state index contributed by atoms with van der Waals surface area (Å²) in [4.78, 5) is 26.0. The second-order valence-electron chi connectivity index (χ2n) is 5.51. The van der Waals surface area contributed by atoms with Crippen molar-refractivity contribution in [1.29, 1.82) is 0 Å². The first-order chi connectivity index (χ1) is 10.5. The highest BCUT2D eigenvalue weighted by Gasteiger charge is 2.37. The van der Waals surface area contributed by atoms with E-state index in [0.29, 0.717) is 17.7 Å². The number of carbonyl (C=O) groups is 2. The zero-order chi connectivity index (χ0) is 15.9. The lowest BCUT2D eigenvalue weighted by molar-refractivity contribution is -0.116. The summed E-state index contributed by atoms with van der Waals surface area (Å²) in [6.45, 7) is 0. The molecule has 1 atom stereocenters. The van der Waals surface area contributed by atoms with Gasteiger partial charge in [-0.15, -0.1) is 0 Å². The van der Waals surface area contributed by atoms with E-state index in [9.17, 15) is 14.7 Å². The molecule has 0 spiro atoms. The third kappa shape index (κ3) is 2.20. The van der Waals surface area contributed by atoms with Gasteiger partial charge in [-0.3, -0.25) is 4.79 Å². The second-order valence-corrected chi connectivity index (χ2v) is 5.51. The van der Waals surface area contributed by atoms with Gasteiger partial charge < -0.3 is 20.1 Å². The Labute approximate surface area is 128 Å². The number of nitrogens with one attached hydrogen (secondary N) is 1. The number of amides is 2. The fourth-order valence-corrected chi connectivity index (χ4v) is 3.06. The maximum atomic E-state index is 12.4. The quantitative estimate of drug-likeness (QED) is 0.877. The van der Waals surface area contributed by atoms with Gasteiger partial charge in [0, 0.05) is 24.7 Å². The Morgan fingerprint density at radius 3 is 2.82 bits per heavy atom. The van der Waals surface area contributed by atoms with Gasteiger partial charge in [0.2, 0.25) is 0 Å². The number of allylic oxidation sites excluding steroid dienone is 1. The van der Waals surface area contributed by atoms with E-state index >= 15 is 0 Å². The van der Waals surface area contributed by atoms with Gasteiger partial charge in [0.05, 0.1) is 13.2 Å². The standard InChI is InChI=1S/C16H18N2O4/c1-18-10-4-3-5-12(20)14(10)15(17-16(18)21)9-6-7-11(19)13(8-9)22-2/h6-8,15,19H,3-5H2,1-2H3,(H,17,21). The number of benzene rings is 1. The van der Waals surface area contributed by atoms with Crippen LogP contribution in [0, 0.1) is 0 Å². The molecule has 3 rings (SSSR count). The van der Waals surface area contributed by atoms with Gasteiger partial charge in [-0.25, -0.2) is 4.79 Å². The molecule has 6 nitrogen and oxygen atoms in total. The molecular weight excluding hydrogens is 284 g/mol. The van der Waals surface area contributed by atoms with Crippen LogP contribution in [0.3, 0.4) is 0 Å². The number of phenols is 1. The third-order valence-electron chi connectivity index (χ3n) is 4.23. The van der Waals surface area contributed by atoms with Crippen LogP contribution in [0.25, 0.3) is 0 Å². The predicted octanol–water partition coefficient (Wildman–Crippen LogP) is 2.10. The smallest absolute Gasteiger partial charge is 0.322 e. The molecule has 2 N–H and O–H groups in total. The highest BCUT2D eigenvalue weighted by molar-refractivity contribution is 6.00. The molecule has 1 aliphatic heterocycles. The van der Waals surface area contributed by atoms with Crippen molar-refractivity contribution in [2.24, 2.45) is 0 Å². The Bertz CT molecular complexity index is 681. The van der Waals surface area contributed by atoms with Crippen LogP contribution >= 0.6 is 0 Å². The van der Waals surface area contributed by atoms with Gasteiger partial charge in [0.25, 0.3) is 0 Å². The molecule has 1 aromatic carbocycles. The average molecular weight is 302 g/mol. The third-order valence-corrected chi connectivity index (χ3v) is 4.23. The Morgan fingerprint density at radius 2 is 2.09 bits per heavy atom. The summed E-state index contributed by atoms with van der Waals surface area (Å²) in [6.07, 6.45) is 1.98. The van der Waals surface area contributed by atoms with Crippen LogP contribution in [-0.4, -0.2) is 36.0 Å². The fraction of sp³-hybridized carbons (Fsp3) is 0.375. The number of hydrogen-bond acceptors (Lipinski definition) is 4. The van der Waals surface area contributed by atoms with Crippen molar-refractivity contribution < 1.29 is 19.4 Å². The molecule has 2 amide bonds. The Morgan fingerprint density at radius 1 is 1.32 bits per heavy atom. The van der Waals surface area contributed by atoms with E-state index in [1.165, 1.54) is 18.1 Å². The molecule has 1 heterocycles. The number of urea groups is 1. The van der Waals surface area contributed by atoms with Gasteiger partial charge in [0.1, 0.15) is 0 Å². The minimum atomic E-state index is -0.499. The lowest BCUT2D eigenvalue weighted by Gasteiger charge is -2.37. The number of Topliss-reactive ketones (excluding diaryl/α,β-unsaturated/α-hetero) is 1. The Kier molecular flexibility index (Phi) is 3.52. The normalized spacial score (nSPS) is 21.5. The van der Waals surface area contributed by atoms with Gasteiger partial charge in [-0.1, -0.05) is 6.07 Å². The molecular formula is C16H18N2O4. The first-order valence-electron chi connectivity index (χ1n) is 7.20. The summed E-state index contributed by atoms with van der Waals surface area (Å²) in [5, 5.41) is 12.6. The van der Waals surface area contributed by atoms with Crippen molar-refractivity contribution in [3.8, 4) is 11.5 Å². The number of ketones is 1. The molecule has 0 radical (unpaired) electrons. The van der Waals surface area contributed by atoms with E-state index in [1.54, 1.807) is 19.2 Å². The van der Waals surface area contributed by atoms with E-state index < -0.39 is 6.04 Å². The second kappa shape index (κ2) is 5.36. The van der Waals surface area contributed by atoms with E-state index in [0.717, 1.165) is 24.1 Å². The number of carbonyl (C=O) groups excluding carboxylic acids is 2. The number of rotatable bonds is 2. The minimum Gasteiger partial charge on any atom is -0.504 e. The van der Waals surface area contributed by atoms with E-state index in [4.69, 9.17) is 4.74 Å². The molecule has 0 saturated carbocycles. The predicted molar refractivity (Wildman–Crippen MR) is 79.6 cm³/mol. The molecule has 0 aromatic heterocycles. The van der Waals surface area contributed by atoms with Crippen molar-refractivity contribution in [2.75, 3.05) is 14.2 Å². The van der Waals surface area contributed by atoms with Gasteiger partial charge >= 0.3 is 6.03 Å². The summed E-state index contributed by atoms with van der Waals surface area (Å²) in [5.74, 6) is 0.399. The zero-order valence-corrected chi connectivity index (χ0v) is 12.5. The van der Waals surface area contributed by atoms with Crippen molar-refractivity contribution in [1.82, 2.24) is 10.2 Å². The van der Waals surface area contributed by atoms with Crippen LogP contribution in [0.1, 0.15) is 30.9 Å². The van der Waals surface area contributed by atoms with Crippen LogP contribution in [0.4, 0.5) is 4.79 Å². The number of phenolic OH excluding ortho intramolecular Hbond substituents is 1. The molecule has 116 valence electrons. The SMILES string of the molecule is COc1cc(C2NC(=O)N(C)C3=C2C(=O)CCC3)ccc1O. The van der Waals surface area contributed by atoms with Crippen LogP contribution < -0.4 is 10.1 Å². The Balaban J connectivity index is 2.11. The molecule has 1 aliphatic carbocycles. The summed E-state index contributed by atoms with van der Waals surface area (Å²) >= 11 is 0. The van der Waals surface area contributed by atoms with Crippen molar-refractivity contribution in [3.05, 3.63) is 35.0 Å². The largest absolute Gasteiger partial charge is 0.504 e. The van der Waals surface area contributed by atoms with Crippen molar-refractivity contribution >= 4 is 11.8 Å². The van der Waals surface area contributed by atoms with Crippen LogP contribution in [-0.2, 0) is 4.79 Å². The molecule has 6 heteroatoms. The molecule has 1 aromatic rings. The average Bonchev–Trinajstić information content (AvgIpc) is 2.51. The molecule has 2 aliphatic rings. The highest BCUT2D eigenvalue weighted by atomic mass is 16.5. The number of ether oxygens (including phenoxy) is 1. The molecule has 1 unspecified atom stereocenters. The molecule has 22 heavy (non-hydrogen) atoms. The number of methoxy groups -OCH3 is 1. The first kappa shape index (κ1) is 14.4. The van der Waals surface area contributed by atoms with Crippen molar-refractivity contribution in [2.45, 2.75) is 25.3 Å². The van der Waals surface area contributed by atoms with Crippen LogP contribution in [0.5, 0.6) is 11.5 Å². The molecule has 0 bridgehead atoms. The highest BCUT2D eigenvalue weighted by Crippen LogP contribution is 2.38. The lowest BCUT2D eigenvalue weighted by Crippen LogP contribution is -2.47. The Hall–Kier alpha value is -2.50. The van der Waals surface area contributed by atoms with Gasteiger partial charge in [-0.2, -0.15) is 0 Å². The van der Waals surface area contributed by atoms with Crippen LogP contribution in [0.2, 0.25) is 0 Å². The molecule has 0 fully saturated rings. The summed E-state index contributed by atoms with van der Waals surface area (Å²) in [7, 11) is 3.14. The summed E-state index contributed by atoms with van der Waals surface area (Å²) < 4.78 is 5.11. The van der Waals surface area contributed by atoms with E-state index in [2.05, 4.69) is 5.32 Å². The first-order valence-corrected chi connectivity index (χ1v) is 7.20. The number of hydrogen-bond donors (Lipinski definition) is 2. The maximum Gasteiger partial charge on any atom is 0.322 e. The molecule has 0 saturated heterocycles. The van der Waals surface area contributed by atoms with E-state index in [1.807, 2.05) is 0 Å². The summed E-state index contributed by atoms with van der Waals surface area (Å²) in [6, 6.07) is 4.12. The maximum absolute atomic E-state index is 12.4. The summed E-state index contributed by atoms with van der Waals surface area (Å²) in [5.41, 5.74) is 2.15. The minimum absolute atomic E-state index is 0.0228. The zero-order valence-electron chi connectivity index (χ0n) is 12.5. The number of nitrogens with zero attached hydrogens (tertiary/aromatic N) is 1. The monoisotopic (exact) mass is 302 g/mol.